The second-order valence-electron chi connectivity index (χ2n) is 3.84. The van der Waals surface area contributed by atoms with E-state index in [9.17, 15) is 9.59 Å². The minimum Gasteiger partial charge on any atom is -0.320 e. The van der Waals surface area contributed by atoms with Gasteiger partial charge in [-0.1, -0.05) is 17.7 Å². The van der Waals surface area contributed by atoms with Gasteiger partial charge in [0.2, 0.25) is 5.56 Å². The number of amides is 1. The largest absolute Gasteiger partial charge is 0.320 e. The van der Waals surface area contributed by atoms with Gasteiger partial charge in [-0.05, 0) is 36.8 Å². The molecule has 1 aromatic heterocycles. The molecule has 1 amide bonds. The van der Waals surface area contributed by atoms with Gasteiger partial charge < -0.3 is 10.3 Å². The Morgan fingerprint density at radius 2 is 2.06 bits per heavy atom. The van der Waals surface area contributed by atoms with Crippen LogP contribution >= 0.6 is 11.6 Å². The predicted octanol–water partition coefficient (Wildman–Crippen LogP) is 2.59. The Morgan fingerprint density at radius 3 is 2.72 bits per heavy atom. The summed E-state index contributed by atoms with van der Waals surface area (Å²) in [6.45, 7) is 1.84. The number of nitrogens with one attached hydrogen (secondary N) is 2. The van der Waals surface area contributed by atoms with Crippen LogP contribution in [0.2, 0.25) is 5.02 Å². The highest BCUT2D eigenvalue weighted by atomic mass is 35.5. The van der Waals surface area contributed by atoms with Gasteiger partial charge in [-0.15, -0.1) is 0 Å². The maximum atomic E-state index is 11.9. The van der Waals surface area contributed by atoms with E-state index in [-0.39, 0.29) is 17.2 Å². The molecular formula is C13H11ClN2O2. The summed E-state index contributed by atoms with van der Waals surface area (Å²) in [7, 11) is 0. The maximum absolute atomic E-state index is 11.9. The van der Waals surface area contributed by atoms with E-state index in [0.29, 0.717) is 10.7 Å². The van der Waals surface area contributed by atoms with Crippen molar-refractivity contribution >= 4 is 23.2 Å². The Balaban J connectivity index is 2.24. The molecule has 92 valence electrons. The second-order valence-corrected chi connectivity index (χ2v) is 4.28. The molecule has 0 atom stereocenters. The van der Waals surface area contributed by atoms with E-state index in [4.69, 9.17) is 11.6 Å². The predicted molar refractivity (Wildman–Crippen MR) is 71.2 cm³/mol. The number of carbonyl (C=O) groups is 1. The molecule has 0 saturated carbocycles. The lowest BCUT2D eigenvalue weighted by Crippen LogP contribution is -2.18. The van der Waals surface area contributed by atoms with Gasteiger partial charge in [0.1, 0.15) is 5.69 Å². The van der Waals surface area contributed by atoms with Crippen LogP contribution < -0.4 is 10.9 Å². The Labute approximate surface area is 109 Å². The summed E-state index contributed by atoms with van der Waals surface area (Å²) in [5, 5.41) is 3.32. The third-order valence-corrected chi connectivity index (χ3v) is 2.68. The zero-order chi connectivity index (χ0) is 13.1. The monoisotopic (exact) mass is 262 g/mol. The highest BCUT2D eigenvalue weighted by Gasteiger charge is 2.08. The number of pyridine rings is 1. The summed E-state index contributed by atoms with van der Waals surface area (Å²) < 4.78 is 0. The van der Waals surface area contributed by atoms with Gasteiger partial charge in [0.15, 0.2) is 0 Å². The molecule has 18 heavy (non-hydrogen) atoms. The molecule has 0 fully saturated rings. The van der Waals surface area contributed by atoms with Crippen LogP contribution in [-0.4, -0.2) is 10.9 Å². The first-order valence-corrected chi connectivity index (χ1v) is 5.71. The minimum absolute atomic E-state index is 0.219. The van der Waals surface area contributed by atoms with E-state index >= 15 is 0 Å². The van der Waals surface area contributed by atoms with Crippen LogP contribution in [0, 0.1) is 6.92 Å². The average molecular weight is 263 g/mol. The highest BCUT2D eigenvalue weighted by Crippen LogP contribution is 2.19. The summed E-state index contributed by atoms with van der Waals surface area (Å²) >= 11 is 5.83. The van der Waals surface area contributed by atoms with Crippen molar-refractivity contribution in [3.63, 3.8) is 0 Å². The number of aromatic amines is 1. The van der Waals surface area contributed by atoms with Crippen molar-refractivity contribution in [2.75, 3.05) is 5.32 Å². The molecule has 0 saturated heterocycles. The maximum Gasteiger partial charge on any atom is 0.272 e. The van der Waals surface area contributed by atoms with E-state index in [0.717, 1.165) is 5.56 Å². The molecule has 1 heterocycles. The molecule has 4 nitrogen and oxygen atoms in total. The lowest BCUT2D eigenvalue weighted by atomic mass is 10.2. The van der Waals surface area contributed by atoms with E-state index in [2.05, 4.69) is 10.3 Å². The molecule has 0 aliphatic heterocycles. The van der Waals surface area contributed by atoms with Crippen molar-refractivity contribution in [3.8, 4) is 0 Å². The zero-order valence-corrected chi connectivity index (χ0v) is 10.4. The molecule has 0 bridgehead atoms. The number of aryl methyl sites for hydroxylation is 1. The molecule has 0 aliphatic carbocycles. The van der Waals surface area contributed by atoms with E-state index in [1.807, 2.05) is 6.92 Å². The fraction of sp³-hybridized carbons (Fsp3) is 0.0769. The third kappa shape index (κ3) is 2.78. The molecule has 2 aromatic rings. The smallest absolute Gasteiger partial charge is 0.272 e. The van der Waals surface area contributed by atoms with Crippen molar-refractivity contribution in [1.82, 2.24) is 4.98 Å². The van der Waals surface area contributed by atoms with Crippen molar-refractivity contribution < 1.29 is 4.79 Å². The fourth-order valence-electron chi connectivity index (χ4n) is 1.54. The van der Waals surface area contributed by atoms with Crippen LogP contribution in [0.4, 0.5) is 5.69 Å². The van der Waals surface area contributed by atoms with E-state index < -0.39 is 0 Å². The van der Waals surface area contributed by atoms with Crippen molar-refractivity contribution in [3.05, 3.63) is 63.0 Å². The van der Waals surface area contributed by atoms with Gasteiger partial charge in [-0.3, -0.25) is 9.59 Å². The molecule has 2 rings (SSSR count). The van der Waals surface area contributed by atoms with Crippen LogP contribution in [0.15, 0.2) is 41.2 Å². The molecule has 0 aliphatic rings. The number of hydrogen-bond donors (Lipinski definition) is 2. The van der Waals surface area contributed by atoms with Crippen LogP contribution in [0.1, 0.15) is 16.1 Å². The summed E-state index contributed by atoms with van der Waals surface area (Å²) in [5.74, 6) is -0.363. The van der Waals surface area contributed by atoms with Gasteiger partial charge in [0, 0.05) is 16.8 Å². The number of rotatable bonds is 2. The van der Waals surface area contributed by atoms with Crippen molar-refractivity contribution in [2.45, 2.75) is 6.92 Å². The molecule has 0 spiro atoms. The first-order chi connectivity index (χ1) is 8.56. The van der Waals surface area contributed by atoms with Crippen LogP contribution in [0.5, 0.6) is 0 Å². The Kier molecular flexibility index (Phi) is 3.48. The highest BCUT2D eigenvalue weighted by molar-refractivity contribution is 6.30. The minimum atomic E-state index is -0.363. The van der Waals surface area contributed by atoms with Gasteiger partial charge >= 0.3 is 0 Å². The van der Waals surface area contributed by atoms with Gasteiger partial charge in [-0.2, -0.15) is 0 Å². The Hall–Kier alpha value is -2.07. The van der Waals surface area contributed by atoms with Crippen molar-refractivity contribution in [1.29, 1.82) is 0 Å². The van der Waals surface area contributed by atoms with Gasteiger partial charge in [0.25, 0.3) is 5.91 Å². The second kappa shape index (κ2) is 5.06. The standard InChI is InChI=1S/C13H11ClN2O2/c1-8-7-9(14)5-6-10(8)16-13(18)11-3-2-4-12(17)15-11/h2-7H,1H3,(H,15,17)(H,16,18). The molecule has 5 heteroatoms. The molecule has 1 aromatic carbocycles. The van der Waals surface area contributed by atoms with Crippen LogP contribution in [0.3, 0.4) is 0 Å². The van der Waals surface area contributed by atoms with E-state index in [1.54, 1.807) is 24.3 Å². The first kappa shape index (κ1) is 12.4. The SMILES string of the molecule is Cc1cc(Cl)ccc1NC(=O)c1cccc(=O)[nH]1. The number of hydrogen-bond acceptors (Lipinski definition) is 2. The zero-order valence-electron chi connectivity index (χ0n) is 9.66. The summed E-state index contributed by atoms with van der Waals surface area (Å²) in [4.78, 5) is 25.5. The normalized spacial score (nSPS) is 10.1. The van der Waals surface area contributed by atoms with E-state index in [1.165, 1.54) is 12.1 Å². The summed E-state index contributed by atoms with van der Waals surface area (Å²) in [6.07, 6.45) is 0. The number of H-pyrrole nitrogens is 1. The van der Waals surface area contributed by atoms with Crippen molar-refractivity contribution in [2.24, 2.45) is 0 Å². The van der Waals surface area contributed by atoms with Gasteiger partial charge in [0.05, 0.1) is 0 Å². The quantitative estimate of drug-likeness (QED) is 0.874. The number of benzene rings is 1. The molecule has 2 N–H and O–H groups in total. The third-order valence-electron chi connectivity index (χ3n) is 2.45. The fourth-order valence-corrected chi connectivity index (χ4v) is 1.76. The molecule has 0 radical (unpaired) electrons. The number of carbonyl (C=O) groups excluding carboxylic acids is 1. The van der Waals surface area contributed by atoms with Crippen LogP contribution in [-0.2, 0) is 0 Å². The summed E-state index contributed by atoms with van der Waals surface area (Å²) in [5.41, 5.74) is 1.43. The summed E-state index contributed by atoms with van der Waals surface area (Å²) in [6, 6.07) is 9.59. The number of anilines is 1. The average Bonchev–Trinajstić information content (AvgIpc) is 2.32. The van der Waals surface area contributed by atoms with Gasteiger partial charge in [-0.25, -0.2) is 0 Å². The number of halogens is 1. The molecule has 0 unspecified atom stereocenters. The van der Waals surface area contributed by atoms with Crippen LogP contribution in [0.25, 0.3) is 0 Å². The Bertz CT molecular complexity index is 649. The Morgan fingerprint density at radius 1 is 1.28 bits per heavy atom. The molecular weight excluding hydrogens is 252 g/mol. The lowest BCUT2D eigenvalue weighted by Gasteiger charge is -2.08. The topological polar surface area (TPSA) is 62.0 Å². The number of aromatic nitrogens is 1. The first-order valence-electron chi connectivity index (χ1n) is 5.33. The lowest BCUT2D eigenvalue weighted by molar-refractivity contribution is 0.102.